The molecule has 4 N–H and O–H groups in total. The molecular weight excluding hydrogens is 257 g/mol. The van der Waals surface area contributed by atoms with Crippen molar-refractivity contribution in [2.24, 2.45) is 5.73 Å². The Morgan fingerprint density at radius 3 is 2.75 bits per heavy atom. The van der Waals surface area contributed by atoms with Crippen LogP contribution in [0.2, 0.25) is 0 Å². The second-order valence-corrected chi connectivity index (χ2v) is 4.78. The number of nitrogens with two attached hydrogens (primary N) is 2. The molecule has 0 radical (unpaired) electrons. The van der Waals surface area contributed by atoms with E-state index in [1.165, 1.54) is 12.1 Å². The zero-order chi connectivity index (χ0) is 14.3. The van der Waals surface area contributed by atoms with Gasteiger partial charge in [-0.15, -0.1) is 0 Å². The summed E-state index contributed by atoms with van der Waals surface area (Å²) in [5, 5.41) is 0. The Morgan fingerprint density at radius 2 is 2.00 bits per heavy atom. The van der Waals surface area contributed by atoms with Gasteiger partial charge in [0.25, 0.3) is 5.91 Å². The molecule has 1 aliphatic rings. The Hall–Kier alpha value is -2.56. The van der Waals surface area contributed by atoms with Crippen LogP contribution in [0.1, 0.15) is 15.9 Å². The molecule has 1 heterocycles. The van der Waals surface area contributed by atoms with E-state index in [0.717, 1.165) is 17.7 Å². The number of benzene rings is 2. The largest absolute Gasteiger partial charge is 0.396 e. The molecule has 0 saturated carbocycles. The normalized spacial score (nSPS) is 13.3. The smallest absolute Gasteiger partial charge is 0.250 e. The van der Waals surface area contributed by atoms with Gasteiger partial charge in [-0.2, -0.15) is 0 Å². The van der Waals surface area contributed by atoms with Crippen molar-refractivity contribution in [2.75, 3.05) is 17.2 Å². The highest BCUT2D eigenvalue weighted by Gasteiger charge is 2.23. The number of carbonyl (C=O) groups is 1. The third-order valence-electron chi connectivity index (χ3n) is 3.58. The molecule has 0 bridgehead atoms. The van der Waals surface area contributed by atoms with Gasteiger partial charge in [0.2, 0.25) is 0 Å². The summed E-state index contributed by atoms with van der Waals surface area (Å²) in [6.07, 6.45) is 0.815. The van der Waals surface area contributed by atoms with E-state index in [9.17, 15) is 9.18 Å². The summed E-state index contributed by atoms with van der Waals surface area (Å²) in [7, 11) is 0. The van der Waals surface area contributed by atoms with Gasteiger partial charge in [0.1, 0.15) is 5.82 Å². The number of amides is 1. The highest BCUT2D eigenvalue weighted by atomic mass is 19.1. The molecule has 4 nitrogen and oxygen atoms in total. The minimum Gasteiger partial charge on any atom is -0.396 e. The van der Waals surface area contributed by atoms with Crippen LogP contribution in [-0.4, -0.2) is 12.5 Å². The van der Waals surface area contributed by atoms with Crippen LogP contribution in [0, 0.1) is 5.82 Å². The Kier molecular flexibility index (Phi) is 2.82. The van der Waals surface area contributed by atoms with Crippen LogP contribution in [-0.2, 0) is 6.42 Å². The maximum Gasteiger partial charge on any atom is 0.250 e. The van der Waals surface area contributed by atoms with E-state index in [-0.39, 0.29) is 11.4 Å². The molecule has 2 aromatic carbocycles. The van der Waals surface area contributed by atoms with Crippen molar-refractivity contribution in [3.05, 3.63) is 53.3 Å². The summed E-state index contributed by atoms with van der Waals surface area (Å²) in [6.45, 7) is 0.700. The van der Waals surface area contributed by atoms with Crippen molar-refractivity contribution in [1.82, 2.24) is 0 Å². The average Bonchev–Trinajstić information content (AvgIpc) is 2.81. The van der Waals surface area contributed by atoms with Crippen LogP contribution >= 0.6 is 0 Å². The quantitative estimate of drug-likeness (QED) is 0.822. The van der Waals surface area contributed by atoms with E-state index in [2.05, 4.69) is 0 Å². The topological polar surface area (TPSA) is 72.4 Å². The number of rotatable bonds is 2. The molecule has 0 saturated heterocycles. The van der Waals surface area contributed by atoms with E-state index in [0.29, 0.717) is 17.9 Å². The number of fused-ring (bicyclic) bond motifs is 1. The van der Waals surface area contributed by atoms with Gasteiger partial charge in [-0.05, 0) is 36.2 Å². The Labute approximate surface area is 115 Å². The number of para-hydroxylation sites is 1. The number of hydrogen-bond donors (Lipinski definition) is 2. The lowest BCUT2D eigenvalue weighted by atomic mass is 10.1. The molecule has 0 fully saturated rings. The van der Waals surface area contributed by atoms with Crippen LogP contribution in [0.3, 0.4) is 0 Å². The van der Waals surface area contributed by atoms with E-state index in [4.69, 9.17) is 11.5 Å². The van der Waals surface area contributed by atoms with E-state index in [1.54, 1.807) is 18.2 Å². The summed E-state index contributed by atoms with van der Waals surface area (Å²) in [5.74, 6) is -0.858. The zero-order valence-corrected chi connectivity index (χ0v) is 10.8. The highest BCUT2D eigenvalue weighted by molar-refractivity contribution is 6.01. The molecule has 5 heteroatoms. The maximum absolute atomic E-state index is 13.4. The van der Waals surface area contributed by atoms with Gasteiger partial charge in [0, 0.05) is 12.2 Å². The Morgan fingerprint density at radius 1 is 1.20 bits per heavy atom. The minimum atomic E-state index is -0.567. The number of carbonyl (C=O) groups excluding carboxylic acids is 1. The van der Waals surface area contributed by atoms with Gasteiger partial charge < -0.3 is 16.4 Å². The first-order valence-electron chi connectivity index (χ1n) is 6.32. The molecule has 0 atom stereocenters. The molecular formula is C15H14FN3O. The lowest BCUT2D eigenvalue weighted by Crippen LogP contribution is -2.19. The minimum absolute atomic E-state index is 0.285. The SMILES string of the molecule is NC(=O)c1cccc(N2CCc3ccc(F)cc32)c1N. The lowest BCUT2D eigenvalue weighted by molar-refractivity contribution is 0.100. The summed E-state index contributed by atoms with van der Waals surface area (Å²) in [5.41, 5.74) is 14.5. The molecule has 0 aliphatic carbocycles. The summed E-state index contributed by atoms with van der Waals surface area (Å²) >= 11 is 0. The molecule has 0 aromatic heterocycles. The van der Waals surface area contributed by atoms with Crippen LogP contribution < -0.4 is 16.4 Å². The van der Waals surface area contributed by atoms with Crippen LogP contribution in [0.5, 0.6) is 0 Å². The van der Waals surface area contributed by atoms with Gasteiger partial charge in [-0.25, -0.2) is 4.39 Å². The van der Waals surface area contributed by atoms with E-state index in [1.807, 2.05) is 11.0 Å². The molecule has 3 rings (SSSR count). The summed E-state index contributed by atoms with van der Waals surface area (Å²) < 4.78 is 13.4. The number of anilines is 3. The Bertz CT molecular complexity index is 700. The predicted molar refractivity (Wildman–Crippen MR) is 76.5 cm³/mol. The van der Waals surface area contributed by atoms with Crippen LogP contribution in [0.25, 0.3) is 0 Å². The maximum atomic E-state index is 13.4. The standard InChI is InChI=1S/C15H14FN3O/c16-10-5-4-9-6-7-19(13(9)8-10)12-3-1-2-11(14(12)17)15(18)20/h1-5,8H,6-7,17H2,(H2,18,20). The summed E-state index contributed by atoms with van der Waals surface area (Å²) in [4.78, 5) is 13.3. The van der Waals surface area contributed by atoms with Gasteiger partial charge in [0.15, 0.2) is 0 Å². The van der Waals surface area contributed by atoms with Crippen molar-refractivity contribution in [1.29, 1.82) is 0 Å². The fourth-order valence-corrected chi connectivity index (χ4v) is 2.61. The molecule has 2 aromatic rings. The molecule has 0 unspecified atom stereocenters. The number of halogens is 1. The monoisotopic (exact) mass is 271 g/mol. The van der Waals surface area contributed by atoms with Crippen molar-refractivity contribution < 1.29 is 9.18 Å². The zero-order valence-electron chi connectivity index (χ0n) is 10.8. The van der Waals surface area contributed by atoms with Crippen molar-refractivity contribution in [3.63, 3.8) is 0 Å². The fourth-order valence-electron chi connectivity index (χ4n) is 2.61. The second kappa shape index (κ2) is 4.52. The van der Waals surface area contributed by atoms with Crippen molar-refractivity contribution in [3.8, 4) is 0 Å². The van der Waals surface area contributed by atoms with Crippen LogP contribution in [0.4, 0.5) is 21.5 Å². The number of hydrogen-bond acceptors (Lipinski definition) is 3. The van der Waals surface area contributed by atoms with Crippen molar-refractivity contribution in [2.45, 2.75) is 6.42 Å². The second-order valence-electron chi connectivity index (χ2n) is 4.78. The first kappa shape index (κ1) is 12.5. The van der Waals surface area contributed by atoms with Gasteiger partial charge in [-0.3, -0.25) is 4.79 Å². The molecule has 0 spiro atoms. The van der Waals surface area contributed by atoms with Gasteiger partial charge in [0.05, 0.1) is 16.9 Å². The van der Waals surface area contributed by atoms with E-state index >= 15 is 0 Å². The Balaban J connectivity index is 2.11. The van der Waals surface area contributed by atoms with E-state index < -0.39 is 5.91 Å². The number of nitrogen functional groups attached to an aromatic ring is 1. The summed E-state index contributed by atoms with van der Waals surface area (Å²) in [6, 6.07) is 9.83. The highest BCUT2D eigenvalue weighted by Crippen LogP contribution is 2.38. The third kappa shape index (κ3) is 1.87. The molecule has 1 amide bonds. The van der Waals surface area contributed by atoms with Gasteiger partial charge >= 0.3 is 0 Å². The first-order chi connectivity index (χ1) is 9.58. The number of primary amides is 1. The molecule has 1 aliphatic heterocycles. The lowest BCUT2D eigenvalue weighted by Gasteiger charge is -2.22. The van der Waals surface area contributed by atoms with Gasteiger partial charge in [-0.1, -0.05) is 12.1 Å². The molecule has 20 heavy (non-hydrogen) atoms. The average molecular weight is 271 g/mol. The molecule has 102 valence electrons. The third-order valence-corrected chi connectivity index (χ3v) is 3.58. The predicted octanol–water partition coefficient (Wildman–Crippen LogP) is 2.20. The van der Waals surface area contributed by atoms with Crippen molar-refractivity contribution >= 4 is 23.0 Å². The first-order valence-corrected chi connectivity index (χ1v) is 6.32. The van der Waals surface area contributed by atoms with Crippen LogP contribution in [0.15, 0.2) is 36.4 Å². The fraction of sp³-hybridized carbons (Fsp3) is 0.133. The number of nitrogens with zero attached hydrogens (tertiary/aromatic N) is 1.